The molecule has 0 bridgehead atoms. The lowest BCUT2D eigenvalue weighted by atomic mass is 10.1. The van der Waals surface area contributed by atoms with Gasteiger partial charge in [0, 0.05) is 21.2 Å². The molecule has 0 saturated heterocycles. The predicted octanol–water partition coefficient (Wildman–Crippen LogP) is 7.09. The fourth-order valence-electron chi connectivity index (χ4n) is 3.03. The molecule has 8 heteroatoms. The van der Waals surface area contributed by atoms with Gasteiger partial charge < -0.3 is 14.8 Å². The van der Waals surface area contributed by atoms with Crippen molar-refractivity contribution in [3.05, 3.63) is 91.9 Å². The van der Waals surface area contributed by atoms with Crippen LogP contribution in [-0.2, 0) is 11.4 Å². The SMILES string of the molecule is COc1cccc(/C=C(\C#N)C(=O)Nc2c(C)cccc2Cl)c1OCc1ccc(Cl)cc1Cl. The van der Waals surface area contributed by atoms with Crippen molar-refractivity contribution in [2.75, 3.05) is 12.4 Å². The van der Waals surface area contributed by atoms with Gasteiger partial charge in [0.15, 0.2) is 11.5 Å². The Hall–Kier alpha value is -3.17. The molecule has 33 heavy (non-hydrogen) atoms. The number of hydrogen-bond acceptors (Lipinski definition) is 4. The first-order valence-corrected chi connectivity index (χ1v) is 10.9. The third-order valence-corrected chi connectivity index (χ3v) is 5.64. The smallest absolute Gasteiger partial charge is 0.266 e. The Bertz CT molecular complexity index is 1250. The number of carbonyl (C=O) groups is 1. The number of methoxy groups -OCH3 is 1. The van der Waals surface area contributed by atoms with Crippen LogP contribution in [0.5, 0.6) is 11.5 Å². The van der Waals surface area contributed by atoms with Crippen LogP contribution in [0.15, 0.2) is 60.2 Å². The summed E-state index contributed by atoms with van der Waals surface area (Å²) in [4.78, 5) is 12.8. The predicted molar refractivity (Wildman–Crippen MR) is 132 cm³/mol. The van der Waals surface area contributed by atoms with E-state index in [0.717, 1.165) is 5.56 Å². The van der Waals surface area contributed by atoms with Crippen LogP contribution in [0.3, 0.4) is 0 Å². The summed E-state index contributed by atoms with van der Waals surface area (Å²) in [6, 6.07) is 17.5. The summed E-state index contributed by atoms with van der Waals surface area (Å²) in [5.74, 6) is 0.206. The largest absolute Gasteiger partial charge is 0.493 e. The highest BCUT2D eigenvalue weighted by Gasteiger charge is 2.16. The number of halogens is 3. The van der Waals surface area contributed by atoms with Crippen LogP contribution < -0.4 is 14.8 Å². The van der Waals surface area contributed by atoms with Gasteiger partial charge in [-0.15, -0.1) is 0 Å². The Balaban J connectivity index is 1.92. The Kier molecular flexibility index (Phi) is 8.24. The lowest BCUT2D eigenvalue weighted by Gasteiger charge is -2.15. The molecule has 0 fully saturated rings. The van der Waals surface area contributed by atoms with Crippen molar-refractivity contribution < 1.29 is 14.3 Å². The van der Waals surface area contributed by atoms with Gasteiger partial charge in [-0.25, -0.2) is 0 Å². The second-order valence-electron chi connectivity index (χ2n) is 6.96. The zero-order chi connectivity index (χ0) is 24.0. The van der Waals surface area contributed by atoms with Gasteiger partial charge in [-0.2, -0.15) is 5.26 Å². The maximum Gasteiger partial charge on any atom is 0.266 e. The molecule has 0 aliphatic carbocycles. The van der Waals surface area contributed by atoms with Crippen molar-refractivity contribution >= 4 is 52.5 Å². The van der Waals surface area contributed by atoms with Gasteiger partial charge in [-0.05, 0) is 42.8 Å². The van der Waals surface area contributed by atoms with Gasteiger partial charge in [-0.1, -0.05) is 65.1 Å². The fourth-order valence-corrected chi connectivity index (χ4v) is 3.76. The summed E-state index contributed by atoms with van der Waals surface area (Å²) in [6.45, 7) is 1.94. The molecule has 1 N–H and O–H groups in total. The van der Waals surface area contributed by atoms with Gasteiger partial charge >= 0.3 is 0 Å². The molecule has 0 spiro atoms. The molecule has 0 unspecified atom stereocenters. The summed E-state index contributed by atoms with van der Waals surface area (Å²) in [7, 11) is 1.50. The van der Waals surface area contributed by atoms with E-state index in [0.29, 0.717) is 43.4 Å². The van der Waals surface area contributed by atoms with E-state index in [1.807, 2.05) is 19.1 Å². The number of amides is 1. The summed E-state index contributed by atoms with van der Waals surface area (Å²) in [5.41, 5.74) is 2.30. The van der Waals surface area contributed by atoms with Gasteiger partial charge in [0.05, 0.1) is 17.8 Å². The number of benzene rings is 3. The Labute approximate surface area is 207 Å². The van der Waals surface area contributed by atoms with Crippen LogP contribution in [0.1, 0.15) is 16.7 Å². The fraction of sp³-hybridized carbons (Fsp3) is 0.120. The van der Waals surface area contributed by atoms with Crippen molar-refractivity contribution in [2.24, 2.45) is 0 Å². The average Bonchev–Trinajstić information content (AvgIpc) is 2.79. The number of aryl methyl sites for hydroxylation is 1. The molecule has 3 aromatic carbocycles. The zero-order valence-corrected chi connectivity index (χ0v) is 20.1. The number of anilines is 1. The molecule has 0 aromatic heterocycles. The van der Waals surface area contributed by atoms with E-state index in [2.05, 4.69) is 5.32 Å². The van der Waals surface area contributed by atoms with Gasteiger partial charge in [-0.3, -0.25) is 4.79 Å². The van der Waals surface area contributed by atoms with Crippen LogP contribution in [0.4, 0.5) is 5.69 Å². The van der Waals surface area contributed by atoms with Crippen molar-refractivity contribution in [3.63, 3.8) is 0 Å². The van der Waals surface area contributed by atoms with Crippen LogP contribution in [0.25, 0.3) is 6.08 Å². The van der Waals surface area contributed by atoms with E-state index in [1.54, 1.807) is 48.5 Å². The zero-order valence-electron chi connectivity index (χ0n) is 17.8. The highest BCUT2D eigenvalue weighted by atomic mass is 35.5. The van der Waals surface area contributed by atoms with E-state index in [-0.39, 0.29) is 12.2 Å². The minimum absolute atomic E-state index is 0.128. The van der Waals surface area contributed by atoms with Crippen LogP contribution >= 0.6 is 34.8 Å². The highest BCUT2D eigenvalue weighted by molar-refractivity contribution is 6.35. The number of nitrogens with zero attached hydrogens (tertiary/aromatic N) is 1. The maximum atomic E-state index is 12.8. The molecule has 1 amide bonds. The van der Waals surface area contributed by atoms with Crippen molar-refractivity contribution in [2.45, 2.75) is 13.5 Å². The molecule has 3 aromatic rings. The standard InChI is InChI=1S/C25H19Cl3N2O3/c1-15-5-3-7-20(27)23(15)30-25(31)18(13-29)11-16-6-4-8-22(32-2)24(16)33-14-17-9-10-19(26)12-21(17)28/h3-12H,14H2,1-2H3,(H,30,31)/b18-11+. The molecular formula is C25H19Cl3N2O3. The number of nitriles is 1. The van der Waals surface area contributed by atoms with E-state index in [1.165, 1.54) is 13.2 Å². The van der Waals surface area contributed by atoms with E-state index in [9.17, 15) is 10.1 Å². The summed E-state index contributed by atoms with van der Waals surface area (Å²) >= 11 is 18.4. The minimum Gasteiger partial charge on any atom is -0.493 e. The van der Waals surface area contributed by atoms with Crippen molar-refractivity contribution in [3.8, 4) is 17.6 Å². The molecule has 5 nitrogen and oxygen atoms in total. The molecule has 0 aliphatic heterocycles. The molecular weight excluding hydrogens is 483 g/mol. The normalized spacial score (nSPS) is 11.0. The number of nitrogens with one attached hydrogen (secondary N) is 1. The molecule has 0 heterocycles. The molecule has 3 rings (SSSR count). The summed E-state index contributed by atoms with van der Waals surface area (Å²) in [5, 5.41) is 13.7. The molecule has 0 aliphatic rings. The average molecular weight is 502 g/mol. The topological polar surface area (TPSA) is 71.3 Å². The Morgan fingerprint density at radius 1 is 1.09 bits per heavy atom. The first kappa shape index (κ1) is 24.5. The monoisotopic (exact) mass is 500 g/mol. The first-order chi connectivity index (χ1) is 15.8. The van der Waals surface area contributed by atoms with Crippen LogP contribution in [0.2, 0.25) is 15.1 Å². The van der Waals surface area contributed by atoms with Crippen LogP contribution in [-0.4, -0.2) is 13.0 Å². The third kappa shape index (κ3) is 6.00. The van der Waals surface area contributed by atoms with Crippen LogP contribution in [0, 0.1) is 18.3 Å². The van der Waals surface area contributed by atoms with Crippen molar-refractivity contribution in [1.82, 2.24) is 0 Å². The van der Waals surface area contributed by atoms with E-state index in [4.69, 9.17) is 44.3 Å². The molecule has 168 valence electrons. The number of carbonyl (C=O) groups excluding carboxylic acids is 1. The maximum absolute atomic E-state index is 12.8. The van der Waals surface area contributed by atoms with Gasteiger partial charge in [0.25, 0.3) is 5.91 Å². The summed E-state index contributed by atoms with van der Waals surface area (Å²) in [6.07, 6.45) is 1.43. The number of hydrogen-bond donors (Lipinski definition) is 1. The van der Waals surface area contributed by atoms with Gasteiger partial charge in [0.2, 0.25) is 0 Å². The lowest BCUT2D eigenvalue weighted by Crippen LogP contribution is -2.14. The lowest BCUT2D eigenvalue weighted by molar-refractivity contribution is -0.112. The minimum atomic E-state index is -0.594. The summed E-state index contributed by atoms with van der Waals surface area (Å²) < 4.78 is 11.4. The Morgan fingerprint density at radius 3 is 2.52 bits per heavy atom. The van der Waals surface area contributed by atoms with Gasteiger partial charge in [0.1, 0.15) is 18.2 Å². The number of rotatable bonds is 7. The first-order valence-electron chi connectivity index (χ1n) is 9.76. The number of para-hydroxylation sites is 2. The van der Waals surface area contributed by atoms with E-state index >= 15 is 0 Å². The molecule has 0 saturated carbocycles. The van der Waals surface area contributed by atoms with Crippen molar-refractivity contribution in [1.29, 1.82) is 5.26 Å². The quantitative estimate of drug-likeness (QED) is 0.277. The third-order valence-electron chi connectivity index (χ3n) is 4.74. The Morgan fingerprint density at radius 2 is 1.85 bits per heavy atom. The number of ether oxygens (including phenoxy) is 2. The second kappa shape index (κ2) is 11.1. The molecule has 0 atom stereocenters. The highest BCUT2D eigenvalue weighted by Crippen LogP contribution is 2.34. The molecule has 0 radical (unpaired) electrons. The van der Waals surface area contributed by atoms with E-state index < -0.39 is 5.91 Å². The second-order valence-corrected chi connectivity index (χ2v) is 8.21.